The van der Waals surface area contributed by atoms with E-state index in [4.69, 9.17) is 5.73 Å². The maximum Gasteiger partial charge on any atom is 0.270 e. The first-order valence-corrected chi connectivity index (χ1v) is 9.28. The van der Waals surface area contributed by atoms with E-state index in [1.165, 1.54) is 0 Å². The molecule has 1 aliphatic rings. The number of nitrogens with one attached hydrogen (secondary N) is 1. The molecule has 0 bridgehead atoms. The Balaban J connectivity index is 1.71. The predicted molar refractivity (Wildman–Crippen MR) is 104 cm³/mol. The fourth-order valence-electron chi connectivity index (χ4n) is 3.48. The van der Waals surface area contributed by atoms with E-state index in [1.54, 1.807) is 29.3 Å². The van der Waals surface area contributed by atoms with Gasteiger partial charge in [-0.2, -0.15) is 0 Å². The Morgan fingerprint density at radius 3 is 2.44 bits per heavy atom. The Morgan fingerprint density at radius 1 is 1.11 bits per heavy atom. The molecule has 1 aromatic carbocycles. The molecule has 0 saturated carbocycles. The van der Waals surface area contributed by atoms with Crippen molar-refractivity contribution in [2.45, 2.75) is 31.8 Å². The van der Waals surface area contributed by atoms with Crippen LogP contribution in [0.1, 0.15) is 35.8 Å². The zero-order chi connectivity index (χ0) is 19.4. The fourth-order valence-corrected chi connectivity index (χ4v) is 3.48. The van der Waals surface area contributed by atoms with Gasteiger partial charge in [0.25, 0.3) is 5.91 Å². The van der Waals surface area contributed by atoms with Crippen molar-refractivity contribution in [3.05, 3.63) is 66.0 Å². The van der Waals surface area contributed by atoms with Gasteiger partial charge in [-0.05, 0) is 23.6 Å². The second-order valence-electron chi connectivity index (χ2n) is 7.33. The maximum absolute atomic E-state index is 13.1. The lowest BCUT2D eigenvalue weighted by Crippen LogP contribution is -2.51. The van der Waals surface area contributed by atoms with Gasteiger partial charge in [0.2, 0.25) is 5.91 Å². The van der Waals surface area contributed by atoms with Crippen molar-refractivity contribution in [2.75, 3.05) is 13.1 Å². The number of nitrogens with two attached hydrogens (primary N) is 1. The van der Waals surface area contributed by atoms with E-state index in [2.05, 4.69) is 10.3 Å². The van der Waals surface area contributed by atoms with Crippen LogP contribution in [-0.2, 0) is 4.79 Å². The monoisotopic (exact) mass is 366 g/mol. The van der Waals surface area contributed by atoms with Crippen molar-refractivity contribution in [1.29, 1.82) is 0 Å². The zero-order valence-electron chi connectivity index (χ0n) is 15.7. The van der Waals surface area contributed by atoms with Crippen LogP contribution < -0.4 is 11.1 Å². The number of benzene rings is 1. The molecule has 1 saturated heterocycles. The summed E-state index contributed by atoms with van der Waals surface area (Å²) in [5.74, 6) is -0.375. The molecule has 142 valence electrons. The highest BCUT2D eigenvalue weighted by atomic mass is 16.2. The molecule has 1 aliphatic heterocycles. The number of aromatic nitrogens is 1. The smallest absolute Gasteiger partial charge is 0.270 e. The van der Waals surface area contributed by atoms with Gasteiger partial charge in [-0.1, -0.05) is 50.2 Å². The highest BCUT2D eigenvalue weighted by molar-refractivity contribution is 5.96. The van der Waals surface area contributed by atoms with E-state index in [0.717, 1.165) is 5.56 Å². The lowest BCUT2D eigenvalue weighted by Gasteiger charge is -2.27. The normalized spacial score (nSPS) is 20.5. The maximum atomic E-state index is 13.1. The molecule has 3 N–H and O–H groups in total. The number of rotatable bonds is 5. The molecule has 1 unspecified atom stereocenters. The van der Waals surface area contributed by atoms with Gasteiger partial charge in [-0.25, -0.2) is 0 Å². The molecule has 2 aromatic rings. The molecular formula is C21H26N4O2. The molecule has 6 nitrogen and oxygen atoms in total. The van der Waals surface area contributed by atoms with E-state index in [9.17, 15) is 9.59 Å². The lowest BCUT2D eigenvalue weighted by atomic mass is 9.95. The fraction of sp³-hybridized carbons (Fsp3) is 0.381. The van der Waals surface area contributed by atoms with Crippen LogP contribution in [-0.4, -0.2) is 46.9 Å². The van der Waals surface area contributed by atoms with Crippen molar-refractivity contribution < 1.29 is 9.59 Å². The summed E-state index contributed by atoms with van der Waals surface area (Å²) < 4.78 is 0. The summed E-state index contributed by atoms with van der Waals surface area (Å²) in [7, 11) is 0. The van der Waals surface area contributed by atoms with E-state index in [-0.39, 0.29) is 29.7 Å². The van der Waals surface area contributed by atoms with Crippen LogP contribution in [0, 0.1) is 5.92 Å². The first-order chi connectivity index (χ1) is 13.0. The van der Waals surface area contributed by atoms with Crippen LogP contribution in [0.4, 0.5) is 0 Å². The minimum absolute atomic E-state index is 0.0443. The quantitative estimate of drug-likeness (QED) is 0.844. The Morgan fingerprint density at radius 2 is 1.81 bits per heavy atom. The summed E-state index contributed by atoms with van der Waals surface area (Å²) in [5, 5.41) is 2.85. The topological polar surface area (TPSA) is 88.3 Å². The van der Waals surface area contributed by atoms with Crippen LogP contribution in [0.2, 0.25) is 0 Å². The minimum Gasteiger partial charge on any atom is -0.339 e. The third-order valence-corrected chi connectivity index (χ3v) is 5.02. The summed E-state index contributed by atoms with van der Waals surface area (Å²) in [6.45, 7) is 4.89. The number of likely N-dealkylation sites (tertiary alicyclic amines) is 1. The van der Waals surface area contributed by atoms with Gasteiger partial charge in [0, 0.05) is 31.2 Å². The number of hydrogen-bond acceptors (Lipinski definition) is 4. The minimum atomic E-state index is -0.610. The molecule has 6 heteroatoms. The van der Waals surface area contributed by atoms with Crippen molar-refractivity contribution in [1.82, 2.24) is 15.2 Å². The molecule has 3 atom stereocenters. The SMILES string of the molecule is CC(C)C(NC(=O)c1ccccn1)C(=O)N1C[C@@H](N)[C@H](c2ccccc2)C1. The Hall–Kier alpha value is -2.73. The van der Waals surface area contributed by atoms with Gasteiger partial charge in [-0.3, -0.25) is 14.6 Å². The summed E-state index contributed by atoms with van der Waals surface area (Å²) in [4.78, 5) is 31.4. The second-order valence-corrected chi connectivity index (χ2v) is 7.33. The van der Waals surface area contributed by atoms with Crippen molar-refractivity contribution >= 4 is 11.8 Å². The largest absolute Gasteiger partial charge is 0.339 e. The second kappa shape index (κ2) is 8.31. The van der Waals surface area contributed by atoms with Gasteiger partial charge in [0.1, 0.15) is 11.7 Å². The summed E-state index contributed by atoms with van der Waals surface area (Å²) in [5.41, 5.74) is 7.76. The van der Waals surface area contributed by atoms with E-state index in [1.807, 2.05) is 44.2 Å². The van der Waals surface area contributed by atoms with Crippen LogP contribution in [0.15, 0.2) is 54.7 Å². The number of hydrogen-bond donors (Lipinski definition) is 2. The Labute approximate surface area is 159 Å². The van der Waals surface area contributed by atoms with Gasteiger partial charge >= 0.3 is 0 Å². The lowest BCUT2D eigenvalue weighted by molar-refractivity contribution is -0.133. The molecule has 1 fully saturated rings. The molecule has 1 aromatic heterocycles. The molecule has 2 heterocycles. The van der Waals surface area contributed by atoms with Gasteiger partial charge in [0.05, 0.1) is 0 Å². The van der Waals surface area contributed by atoms with Gasteiger partial charge < -0.3 is 16.0 Å². The first-order valence-electron chi connectivity index (χ1n) is 9.28. The zero-order valence-corrected chi connectivity index (χ0v) is 15.7. The number of carbonyl (C=O) groups is 2. The van der Waals surface area contributed by atoms with Gasteiger partial charge in [-0.15, -0.1) is 0 Å². The number of nitrogens with zero attached hydrogens (tertiary/aromatic N) is 2. The summed E-state index contributed by atoms with van der Waals surface area (Å²) in [6.07, 6.45) is 1.56. The number of pyridine rings is 1. The van der Waals surface area contributed by atoms with Crippen LogP contribution in [0.3, 0.4) is 0 Å². The van der Waals surface area contributed by atoms with Crippen molar-refractivity contribution in [3.63, 3.8) is 0 Å². The molecule has 0 aliphatic carbocycles. The average Bonchev–Trinajstić information content (AvgIpc) is 3.08. The van der Waals surface area contributed by atoms with Crippen molar-refractivity contribution in [3.8, 4) is 0 Å². The first kappa shape index (κ1) is 19.0. The number of amides is 2. The Bertz CT molecular complexity index is 779. The molecule has 2 amide bonds. The molecule has 0 spiro atoms. The number of carbonyl (C=O) groups excluding carboxylic acids is 2. The molecule has 0 radical (unpaired) electrons. The predicted octanol–water partition coefficient (Wildman–Crippen LogP) is 1.79. The van der Waals surface area contributed by atoms with Crippen LogP contribution in [0.5, 0.6) is 0 Å². The van der Waals surface area contributed by atoms with E-state index in [0.29, 0.717) is 18.8 Å². The van der Waals surface area contributed by atoms with Gasteiger partial charge in [0.15, 0.2) is 0 Å². The van der Waals surface area contributed by atoms with E-state index >= 15 is 0 Å². The standard InChI is InChI=1S/C21H26N4O2/c1-14(2)19(24-20(26)18-10-6-7-11-23-18)21(27)25-12-16(17(22)13-25)15-8-4-3-5-9-15/h3-11,14,16-17,19H,12-13,22H2,1-2H3,(H,24,26)/t16-,17+,19?/m0/s1. The summed E-state index contributed by atoms with van der Waals surface area (Å²) >= 11 is 0. The Kier molecular flexibility index (Phi) is 5.86. The highest BCUT2D eigenvalue weighted by Crippen LogP contribution is 2.27. The third-order valence-electron chi connectivity index (χ3n) is 5.02. The van der Waals surface area contributed by atoms with E-state index < -0.39 is 6.04 Å². The molecule has 27 heavy (non-hydrogen) atoms. The summed E-state index contributed by atoms with van der Waals surface area (Å²) in [6, 6.07) is 14.4. The van der Waals surface area contributed by atoms with Crippen molar-refractivity contribution in [2.24, 2.45) is 11.7 Å². The average molecular weight is 366 g/mol. The van der Waals surface area contributed by atoms with Crippen LogP contribution in [0.25, 0.3) is 0 Å². The third kappa shape index (κ3) is 4.34. The van der Waals surface area contributed by atoms with Crippen LogP contribution >= 0.6 is 0 Å². The highest BCUT2D eigenvalue weighted by Gasteiger charge is 2.37. The molecular weight excluding hydrogens is 340 g/mol. The molecule has 3 rings (SSSR count).